The van der Waals surface area contributed by atoms with Crippen molar-refractivity contribution in [2.45, 2.75) is 32.9 Å². The van der Waals surface area contributed by atoms with Crippen molar-refractivity contribution in [2.24, 2.45) is 0 Å². The summed E-state index contributed by atoms with van der Waals surface area (Å²) >= 11 is 6.07. The lowest BCUT2D eigenvalue weighted by Gasteiger charge is -2.39. The molecule has 2 unspecified atom stereocenters. The molecular weight excluding hydrogens is 262 g/mol. The third-order valence-electron chi connectivity index (χ3n) is 3.49. The average molecular weight is 282 g/mol. The van der Waals surface area contributed by atoms with Crippen LogP contribution < -0.4 is 10.6 Å². The van der Waals surface area contributed by atoms with Crippen molar-refractivity contribution in [1.29, 1.82) is 0 Å². The van der Waals surface area contributed by atoms with E-state index in [1.807, 2.05) is 37.8 Å². The van der Waals surface area contributed by atoms with Crippen LogP contribution >= 0.6 is 11.6 Å². The lowest BCUT2D eigenvalue weighted by molar-refractivity contribution is 0.143. The number of hydrogen-bond donors (Lipinski definition) is 2. The fourth-order valence-electron chi connectivity index (χ4n) is 2.39. The van der Waals surface area contributed by atoms with Gasteiger partial charge in [0.15, 0.2) is 0 Å². The molecule has 1 fully saturated rings. The maximum atomic E-state index is 12.3. The normalized spacial score (nSPS) is 23.3. The number of urea groups is 1. The summed E-state index contributed by atoms with van der Waals surface area (Å²) in [5.74, 6) is 0. The first-order valence-corrected chi connectivity index (χ1v) is 6.93. The summed E-state index contributed by atoms with van der Waals surface area (Å²) in [5.41, 5.74) is 1.74. The molecule has 1 aliphatic heterocycles. The molecule has 2 atom stereocenters. The van der Waals surface area contributed by atoms with Crippen LogP contribution in [0.3, 0.4) is 0 Å². The highest BCUT2D eigenvalue weighted by atomic mass is 35.5. The predicted molar refractivity (Wildman–Crippen MR) is 78.8 cm³/mol. The lowest BCUT2D eigenvalue weighted by Crippen LogP contribution is -2.58. The van der Waals surface area contributed by atoms with Gasteiger partial charge in [0.2, 0.25) is 0 Å². The third-order valence-corrected chi connectivity index (χ3v) is 3.89. The standard InChI is InChI=1S/C14H20ClN3O/c1-9-4-5-12(6-13(9)15)17-14(19)18-10(2)7-16-8-11(18)3/h4-6,10-11,16H,7-8H2,1-3H3,(H,17,19). The molecule has 0 saturated carbocycles. The second-order valence-corrected chi connectivity index (χ2v) is 5.56. The zero-order valence-corrected chi connectivity index (χ0v) is 12.3. The molecule has 0 aromatic heterocycles. The number of aryl methyl sites for hydroxylation is 1. The Morgan fingerprint density at radius 1 is 1.37 bits per heavy atom. The van der Waals surface area contributed by atoms with E-state index in [-0.39, 0.29) is 18.1 Å². The van der Waals surface area contributed by atoms with Gasteiger partial charge in [-0.3, -0.25) is 0 Å². The first-order valence-electron chi connectivity index (χ1n) is 6.55. The molecule has 0 bridgehead atoms. The molecule has 0 aliphatic carbocycles. The number of benzene rings is 1. The second kappa shape index (κ2) is 5.80. The van der Waals surface area contributed by atoms with Crippen LogP contribution in [0.4, 0.5) is 10.5 Å². The number of carbonyl (C=O) groups is 1. The molecule has 0 spiro atoms. The molecule has 1 aromatic rings. The van der Waals surface area contributed by atoms with E-state index in [1.165, 1.54) is 0 Å². The minimum absolute atomic E-state index is 0.0681. The molecule has 1 saturated heterocycles. The number of piperazine rings is 1. The highest BCUT2D eigenvalue weighted by molar-refractivity contribution is 6.31. The highest BCUT2D eigenvalue weighted by Gasteiger charge is 2.28. The summed E-state index contributed by atoms with van der Waals surface area (Å²) in [6.07, 6.45) is 0. The van der Waals surface area contributed by atoms with Crippen LogP contribution in [0.1, 0.15) is 19.4 Å². The average Bonchev–Trinajstić information content (AvgIpc) is 2.33. The van der Waals surface area contributed by atoms with Gasteiger partial charge in [0.05, 0.1) is 0 Å². The largest absolute Gasteiger partial charge is 0.322 e. The molecule has 2 amide bonds. The first kappa shape index (κ1) is 14.2. The van der Waals surface area contributed by atoms with E-state index in [9.17, 15) is 4.79 Å². The van der Waals surface area contributed by atoms with Crippen LogP contribution in [0, 0.1) is 6.92 Å². The topological polar surface area (TPSA) is 44.4 Å². The molecule has 5 heteroatoms. The molecule has 1 heterocycles. The number of nitrogens with zero attached hydrogens (tertiary/aromatic N) is 1. The van der Waals surface area contributed by atoms with Crippen molar-refractivity contribution in [3.8, 4) is 0 Å². The van der Waals surface area contributed by atoms with Gasteiger partial charge in [0.1, 0.15) is 0 Å². The van der Waals surface area contributed by atoms with E-state index < -0.39 is 0 Å². The van der Waals surface area contributed by atoms with Crippen molar-refractivity contribution < 1.29 is 4.79 Å². The Morgan fingerprint density at radius 3 is 2.58 bits per heavy atom. The van der Waals surface area contributed by atoms with Gasteiger partial charge in [0, 0.05) is 35.9 Å². The number of amides is 2. The molecule has 4 nitrogen and oxygen atoms in total. The SMILES string of the molecule is Cc1ccc(NC(=O)N2C(C)CNCC2C)cc1Cl. The molecule has 19 heavy (non-hydrogen) atoms. The number of halogens is 1. The van der Waals surface area contributed by atoms with E-state index in [4.69, 9.17) is 11.6 Å². The molecule has 2 rings (SSSR count). The monoisotopic (exact) mass is 281 g/mol. The molecule has 1 aromatic carbocycles. The van der Waals surface area contributed by atoms with Crippen molar-refractivity contribution >= 4 is 23.3 Å². The number of rotatable bonds is 1. The molecule has 1 aliphatic rings. The third kappa shape index (κ3) is 3.19. The van der Waals surface area contributed by atoms with Gasteiger partial charge in [-0.25, -0.2) is 4.79 Å². The fourth-order valence-corrected chi connectivity index (χ4v) is 2.57. The zero-order chi connectivity index (χ0) is 14.0. The molecule has 2 N–H and O–H groups in total. The number of nitrogens with one attached hydrogen (secondary N) is 2. The van der Waals surface area contributed by atoms with E-state index in [0.29, 0.717) is 5.02 Å². The fraction of sp³-hybridized carbons (Fsp3) is 0.500. The van der Waals surface area contributed by atoms with Gasteiger partial charge >= 0.3 is 6.03 Å². The van der Waals surface area contributed by atoms with Crippen LogP contribution in [-0.4, -0.2) is 36.1 Å². The predicted octanol–water partition coefficient (Wildman–Crippen LogP) is 2.86. The van der Waals surface area contributed by atoms with Crippen LogP contribution in [0.15, 0.2) is 18.2 Å². The smallest absolute Gasteiger partial charge is 0.317 e. The molecular formula is C14H20ClN3O. The Balaban J connectivity index is 2.09. The quantitative estimate of drug-likeness (QED) is 0.831. The van der Waals surface area contributed by atoms with Crippen LogP contribution in [-0.2, 0) is 0 Å². The summed E-state index contributed by atoms with van der Waals surface area (Å²) in [5, 5.41) is 6.89. The lowest BCUT2D eigenvalue weighted by atomic mass is 10.1. The van der Waals surface area contributed by atoms with Gasteiger partial charge in [-0.15, -0.1) is 0 Å². The zero-order valence-electron chi connectivity index (χ0n) is 11.5. The Kier molecular flexibility index (Phi) is 4.32. The minimum Gasteiger partial charge on any atom is -0.317 e. The highest BCUT2D eigenvalue weighted by Crippen LogP contribution is 2.21. The number of anilines is 1. The van der Waals surface area contributed by atoms with Crippen molar-refractivity contribution in [1.82, 2.24) is 10.2 Å². The summed E-state index contributed by atoms with van der Waals surface area (Å²) in [7, 11) is 0. The van der Waals surface area contributed by atoms with Crippen LogP contribution in [0.2, 0.25) is 5.02 Å². The summed E-state index contributed by atoms with van der Waals surface area (Å²) in [4.78, 5) is 14.2. The van der Waals surface area contributed by atoms with Gasteiger partial charge in [-0.2, -0.15) is 0 Å². The second-order valence-electron chi connectivity index (χ2n) is 5.16. The maximum absolute atomic E-state index is 12.3. The van der Waals surface area contributed by atoms with E-state index in [0.717, 1.165) is 24.3 Å². The van der Waals surface area contributed by atoms with Gasteiger partial charge in [0.25, 0.3) is 0 Å². The van der Waals surface area contributed by atoms with Crippen LogP contribution in [0.5, 0.6) is 0 Å². The minimum atomic E-state index is -0.0681. The number of carbonyl (C=O) groups excluding carboxylic acids is 1. The Labute approximate surface area is 119 Å². The molecule has 104 valence electrons. The van der Waals surface area contributed by atoms with E-state index in [2.05, 4.69) is 10.6 Å². The molecule has 0 radical (unpaired) electrons. The Hall–Kier alpha value is -1.26. The van der Waals surface area contributed by atoms with E-state index in [1.54, 1.807) is 6.07 Å². The number of hydrogen-bond acceptors (Lipinski definition) is 2. The Bertz CT molecular complexity index is 468. The van der Waals surface area contributed by atoms with Crippen molar-refractivity contribution in [3.63, 3.8) is 0 Å². The first-order chi connectivity index (χ1) is 8.99. The van der Waals surface area contributed by atoms with Crippen molar-refractivity contribution in [3.05, 3.63) is 28.8 Å². The summed E-state index contributed by atoms with van der Waals surface area (Å²) in [6, 6.07) is 5.86. The van der Waals surface area contributed by atoms with Gasteiger partial charge in [-0.05, 0) is 38.5 Å². The van der Waals surface area contributed by atoms with Gasteiger partial charge in [-0.1, -0.05) is 17.7 Å². The summed E-state index contributed by atoms with van der Waals surface area (Å²) in [6.45, 7) is 7.68. The maximum Gasteiger partial charge on any atom is 0.322 e. The van der Waals surface area contributed by atoms with Crippen molar-refractivity contribution in [2.75, 3.05) is 18.4 Å². The van der Waals surface area contributed by atoms with Crippen LogP contribution in [0.25, 0.3) is 0 Å². The summed E-state index contributed by atoms with van der Waals surface area (Å²) < 4.78 is 0. The van der Waals surface area contributed by atoms with E-state index >= 15 is 0 Å². The Morgan fingerprint density at radius 2 is 2.00 bits per heavy atom. The van der Waals surface area contributed by atoms with Gasteiger partial charge < -0.3 is 15.5 Å².